The normalized spacial score (nSPS) is 11.8. The number of hydrogen-bond acceptors (Lipinski definition) is 6. The summed E-state index contributed by atoms with van der Waals surface area (Å²) in [5.41, 5.74) is 2.80. The minimum absolute atomic E-state index is 0.119. The minimum atomic E-state index is -0.349. The highest BCUT2D eigenvalue weighted by atomic mass is 19.1. The van der Waals surface area contributed by atoms with E-state index in [-0.39, 0.29) is 29.3 Å². The topological polar surface area (TPSA) is 84.2 Å². The smallest absolute Gasteiger partial charge is 0.273 e. The van der Waals surface area contributed by atoms with Gasteiger partial charge in [0.2, 0.25) is 0 Å². The molecule has 0 radical (unpaired) electrons. The monoisotopic (exact) mass is 491 g/mol. The molecule has 0 aliphatic carbocycles. The van der Waals surface area contributed by atoms with Crippen LogP contribution < -0.4 is 10.2 Å². The highest BCUT2D eigenvalue weighted by molar-refractivity contribution is 5.92. The Morgan fingerprint density at radius 3 is 2.19 bits per heavy atom. The molecule has 36 heavy (non-hydrogen) atoms. The van der Waals surface area contributed by atoms with Crippen molar-refractivity contribution in [3.8, 4) is 22.5 Å². The number of benzene rings is 2. The molecule has 7 nitrogen and oxygen atoms in total. The second kappa shape index (κ2) is 11.1. The van der Waals surface area contributed by atoms with Crippen LogP contribution in [0.5, 0.6) is 0 Å². The minimum Gasteiger partial charge on any atom is -0.361 e. The first-order valence-electron chi connectivity index (χ1n) is 11.7. The van der Waals surface area contributed by atoms with E-state index in [4.69, 9.17) is 9.51 Å². The predicted octanol–water partition coefficient (Wildman–Crippen LogP) is 5.42. The van der Waals surface area contributed by atoms with E-state index in [0.717, 1.165) is 0 Å². The highest BCUT2D eigenvalue weighted by Gasteiger charge is 2.18. The third-order valence-electron chi connectivity index (χ3n) is 5.77. The molecule has 1 atom stereocenters. The van der Waals surface area contributed by atoms with Crippen LogP contribution in [0.3, 0.4) is 0 Å². The highest BCUT2D eigenvalue weighted by Crippen LogP contribution is 2.31. The average molecular weight is 492 g/mol. The SMILES string of the molecule is CCN(CCC(C)NC(=O)c1cc(C)on1)c1cnc(-c2ccc(F)cc2)c(-c2ccc(F)cc2)n1. The number of halogens is 2. The molecule has 0 spiro atoms. The van der Waals surface area contributed by atoms with Crippen LogP contribution in [0.4, 0.5) is 14.6 Å². The number of rotatable bonds is 9. The molecule has 1 amide bonds. The summed E-state index contributed by atoms with van der Waals surface area (Å²) in [4.78, 5) is 23.9. The van der Waals surface area contributed by atoms with Crippen molar-refractivity contribution in [2.24, 2.45) is 0 Å². The van der Waals surface area contributed by atoms with Gasteiger partial charge >= 0.3 is 0 Å². The summed E-state index contributed by atoms with van der Waals surface area (Å²) in [6, 6.07) is 13.5. The van der Waals surface area contributed by atoms with Crippen LogP contribution >= 0.6 is 0 Å². The van der Waals surface area contributed by atoms with Gasteiger partial charge in [-0.2, -0.15) is 0 Å². The zero-order chi connectivity index (χ0) is 25.7. The van der Waals surface area contributed by atoms with Crippen LogP contribution in [-0.2, 0) is 0 Å². The van der Waals surface area contributed by atoms with E-state index < -0.39 is 0 Å². The molecule has 186 valence electrons. The van der Waals surface area contributed by atoms with Crippen LogP contribution in [0.15, 0.2) is 65.3 Å². The number of amides is 1. The lowest BCUT2D eigenvalue weighted by Gasteiger charge is -2.25. The van der Waals surface area contributed by atoms with Crippen molar-refractivity contribution < 1.29 is 18.1 Å². The number of nitrogens with zero attached hydrogens (tertiary/aromatic N) is 4. The van der Waals surface area contributed by atoms with E-state index in [9.17, 15) is 13.6 Å². The summed E-state index contributed by atoms with van der Waals surface area (Å²) >= 11 is 0. The largest absolute Gasteiger partial charge is 0.361 e. The Hall–Kier alpha value is -4.14. The molecule has 0 saturated heterocycles. The van der Waals surface area contributed by atoms with Crippen molar-refractivity contribution in [1.82, 2.24) is 20.4 Å². The molecular weight excluding hydrogens is 464 g/mol. The molecule has 1 N–H and O–H groups in total. The number of carbonyl (C=O) groups excluding carboxylic acids is 1. The number of aromatic nitrogens is 3. The molecule has 0 aliphatic heterocycles. The Balaban J connectivity index is 1.55. The second-order valence-electron chi connectivity index (χ2n) is 8.50. The van der Waals surface area contributed by atoms with Gasteiger partial charge < -0.3 is 14.7 Å². The van der Waals surface area contributed by atoms with Gasteiger partial charge in [-0.05, 0) is 75.7 Å². The number of hydrogen-bond donors (Lipinski definition) is 1. The van der Waals surface area contributed by atoms with Crippen LogP contribution in [0.2, 0.25) is 0 Å². The molecule has 0 saturated carbocycles. The van der Waals surface area contributed by atoms with E-state index in [1.165, 1.54) is 24.3 Å². The lowest BCUT2D eigenvalue weighted by atomic mass is 10.0. The molecule has 0 aliphatic rings. The van der Waals surface area contributed by atoms with Crippen LogP contribution in [0, 0.1) is 18.6 Å². The van der Waals surface area contributed by atoms with Crippen LogP contribution in [0.1, 0.15) is 36.5 Å². The van der Waals surface area contributed by atoms with Crippen LogP contribution in [0.25, 0.3) is 22.5 Å². The van der Waals surface area contributed by atoms with Gasteiger partial charge in [-0.25, -0.2) is 13.8 Å². The molecule has 9 heteroatoms. The first kappa shape index (κ1) is 25.0. The molecular formula is C27H27F2N5O2. The molecule has 2 aromatic carbocycles. The van der Waals surface area contributed by atoms with Crippen molar-refractivity contribution in [2.75, 3.05) is 18.0 Å². The van der Waals surface area contributed by atoms with Gasteiger partial charge in [-0.15, -0.1) is 0 Å². The molecule has 0 bridgehead atoms. The summed E-state index contributed by atoms with van der Waals surface area (Å²) in [6.45, 7) is 6.94. The van der Waals surface area contributed by atoms with Crippen molar-refractivity contribution >= 4 is 11.7 Å². The third kappa shape index (κ3) is 5.91. The quantitative estimate of drug-likeness (QED) is 0.337. The van der Waals surface area contributed by atoms with Gasteiger partial charge in [0.05, 0.1) is 17.6 Å². The van der Waals surface area contributed by atoms with E-state index in [0.29, 0.717) is 53.6 Å². The first-order valence-corrected chi connectivity index (χ1v) is 11.7. The molecule has 0 fully saturated rings. The fourth-order valence-corrected chi connectivity index (χ4v) is 3.79. The van der Waals surface area contributed by atoms with Gasteiger partial charge in [-0.1, -0.05) is 5.16 Å². The lowest BCUT2D eigenvalue weighted by Crippen LogP contribution is -2.36. The fourth-order valence-electron chi connectivity index (χ4n) is 3.79. The van der Waals surface area contributed by atoms with Crippen molar-refractivity contribution in [1.29, 1.82) is 0 Å². The summed E-state index contributed by atoms with van der Waals surface area (Å²) < 4.78 is 32.0. The Morgan fingerprint density at radius 1 is 1.03 bits per heavy atom. The number of nitrogens with one attached hydrogen (secondary N) is 1. The zero-order valence-corrected chi connectivity index (χ0v) is 20.3. The van der Waals surface area contributed by atoms with Crippen molar-refractivity contribution in [2.45, 2.75) is 33.2 Å². The Bertz CT molecular complexity index is 1320. The number of anilines is 1. The molecule has 1 unspecified atom stereocenters. The maximum absolute atomic E-state index is 13.6. The van der Waals surface area contributed by atoms with Gasteiger partial charge in [-0.3, -0.25) is 9.78 Å². The van der Waals surface area contributed by atoms with E-state index in [1.54, 1.807) is 43.5 Å². The summed E-state index contributed by atoms with van der Waals surface area (Å²) in [6.07, 6.45) is 2.33. The van der Waals surface area contributed by atoms with Crippen LogP contribution in [-0.4, -0.2) is 40.2 Å². The summed E-state index contributed by atoms with van der Waals surface area (Å²) in [7, 11) is 0. The Kier molecular flexibility index (Phi) is 7.68. The number of aryl methyl sites for hydroxylation is 1. The summed E-state index contributed by atoms with van der Waals surface area (Å²) in [5, 5.41) is 6.68. The predicted molar refractivity (Wildman–Crippen MR) is 133 cm³/mol. The third-order valence-corrected chi connectivity index (χ3v) is 5.77. The second-order valence-corrected chi connectivity index (χ2v) is 8.50. The molecule has 4 rings (SSSR count). The van der Waals surface area contributed by atoms with Gasteiger partial charge in [0.1, 0.15) is 23.2 Å². The van der Waals surface area contributed by atoms with Crippen molar-refractivity contribution in [3.63, 3.8) is 0 Å². The summed E-state index contributed by atoms with van der Waals surface area (Å²) in [5.74, 6) is 0.240. The Morgan fingerprint density at radius 2 is 1.64 bits per heavy atom. The maximum Gasteiger partial charge on any atom is 0.273 e. The average Bonchev–Trinajstić information content (AvgIpc) is 3.32. The van der Waals surface area contributed by atoms with Gasteiger partial charge in [0.15, 0.2) is 5.69 Å². The standard InChI is InChI=1S/C27H27F2N5O2/c1-4-34(14-13-17(2)31-27(35)23-15-18(3)36-33-23)24-16-30-25(19-5-9-21(28)10-6-19)26(32-24)20-7-11-22(29)12-8-20/h5-12,15-17H,4,13-14H2,1-3H3,(H,31,35). The van der Waals surface area contributed by atoms with Crippen molar-refractivity contribution in [3.05, 3.63) is 83.9 Å². The molecule has 2 heterocycles. The van der Waals surface area contributed by atoms with E-state index in [1.807, 2.05) is 13.8 Å². The maximum atomic E-state index is 13.6. The van der Waals surface area contributed by atoms with E-state index >= 15 is 0 Å². The molecule has 4 aromatic rings. The number of carbonyl (C=O) groups is 1. The lowest BCUT2D eigenvalue weighted by molar-refractivity contribution is 0.0929. The van der Waals surface area contributed by atoms with Gasteiger partial charge in [0.25, 0.3) is 5.91 Å². The molecule has 2 aromatic heterocycles. The first-order chi connectivity index (χ1) is 17.3. The Labute approximate surface area is 208 Å². The van der Waals surface area contributed by atoms with Gasteiger partial charge in [0, 0.05) is 36.3 Å². The zero-order valence-electron chi connectivity index (χ0n) is 20.3. The van der Waals surface area contributed by atoms with E-state index in [2.05, 4.69) is 20.4 Å². The fraction of sp³-hybridized carbons (Fsp3) is 0.259.